The van der Waals surface area contributed by atoms with Crippen LogP contribution in [-0.4, -0.2) is 23.0 Å². The lowest BCUT2D eigenvalue weighted by atomic mass is 10.1. The van der Waals surface area contributed by atoms with E-state index in [0.717, 1.165) is 0 Å². The molecule has 1 heterocycles. The van der Waals surface area contributed by atoms with Crippen molar-refractivity contribution in [3.05, 3.63) is 40.3 Å². The summed E-state index contributed by atoms with van der Waals surface area (Å²) in [5, 5.41) is 0.889. The van der Waals surface area contributed by atoms with Crippen LogP contribution < -0.4 is 5.73 Å². The number of rotatable bonds is 2. The average molecular weight is 298 g/mol. The second-order valence-electron chi connectivity index (χ2n) is 3.63. The Morgan fingerprint density at radius 3 is 2.42 bits per heavy atom. The summed E-state index contributed by atoms with van der Waals surface area (Å²) in [6.07, 6.45) is 1.23. The SMILES string of the molecule is COC(=O)c1ncnc(-c2cc(Cl)cc(Cl)c2)c1N. The molecule has 2 rings (SSSR count). The highest BCUT2D eigenvalue weighted by Crippen LogP contribution is 2.30. The zero-order chi connectivity index (χ0) is 14.0. The summed E-state index contributed by atoms with van der Waals surface area (Å²) in [5.41, 5.74) is 6.98. The molecule has 0 amide bonds. The number of hydrogen-bond acceptors (Lipinski definition) is 5. The molecule has 0 radical (unpaired) electrons. The molecule has 0 aliphatic carbocycles. The molecular formula is C12H9Cl2N3O2. The van der Waals surface area contributed by atoms with Crippen LogP contribution in [0.3, 0.4) is 0 Å². The molecule has 5 nitrogen and oxygen atoms in total. The predicted octanol–water partition coefficient (Wildman–Crippen LogP) is 2.82. The van der Waals surface area contributed by atoms with Crippen molar-refractivity contribution in [3.63, 3.8) is 0 Å². The second kappa shape index (κ2) is 5.42. The van der Waals surface area contributed by atoms with Crippen LogP contribution in [0.15, 0.2) is 24.5 Å². The van der Waals surface area contributed by atoms with Crippen LogP contribution >= 0.6 is 23.2 Å². The van der Waals surface area contributed by atoms with Crippen LogP contribution in [0.4, 0.5) is 5.69 Å². The van der Waals surface area contributed by atoms with Gasteiger partial charge in [-0.3, -0.25) is 0 Å². The van der Waals surface area contributed by atoms with Crippen LogP contribution in [0.5, 0.6) is 0 Å². The molecule has 2 N–H and O–H groups in total. The first-order chi connectivity index (χ1) is 9.02. The van der Waals surface area contributed by atoms with Gasteiger partial charge in [-0.1, -0.05) is 23.2 Å². The predicted molar refractivity (Wildman–Crippen MR) is 73.2 cm³/mol. The van der Waals surface area contributed by atoms with E-state index < -0.39 is 5.97 Å². The fourth-order valence-corrected chi connectivity index (χ4v) is 2.10. The van der Waals surface area contributed by atoms with E-state index in [-0.39, 0.29) is 11.4 Å². The number of hydrogen-bond donors (Lipinski definition) is 1. The Morgan fingerprint density at radius 2 is 1.84 bits per heavy atom. The van der Waals surface area contributed by atoms with Crippen molar-refractivity contribution in [1.82, 2.24) is 9.97 Å². The Labute approximate surface area is 119 Å². The molecule has 0 spiro atoms. The topological polar surface area (TPSA) is 78.1 Å². The molecule has 1 aromatic heterocycles. The number of halogens is 2. The van der Waals surface area contributed by atoms with E-state index in [1.807, 2.05) is 0 Å². The Bertz CT molecular complexity index is 627. The smallest absolute Gasteiger partial charge is 0.358 e. The van der Waals surface area contributed by atoms with Crippen LogP contribution in [-0.2, 0) is 4.74 Å². The van der Waals surface area contributed by atoms with Gasteiger partial charge >= 0.3 is 5.97 Å². The van der Waals surface area contributed by atoms with Crippen molar-refractivity contribution in [2.75, 3.05) is 12.8 Å². The van der Waals surface area contributed by atoms with Gasteiger partial charge in [0.05, 0.1) is 18.5 Å². The maximum absolute atomic E-state index is 11.5. The Kier molecular flexibility index (Phi) is 3.87. The van der Waals surface area contributed by atoms with Gasteiger partial charge in [0.1, 0.15) is 6.33 Å². The molecule has 98 valence electrons. The summed E-state index contributed by atoms with van der Waals surface area (Å²) in [6, 6.07) is 4.88. The van der Waals surface area contributed by atoms with Gasteiger partial charge in [0, 0.05) is 15.6 Å². The maximum Gasteiger partial charge on any atom is 0.358 e. The number of nitrogens with two attached hydrogens (primary N) is 1. The molecule has 0 saturated carbocycles. The van der Waals surface area contributed by atoms with Gasteiger partial charge in [-0.25, -0.2) is 14.8 Å². The average Bonchev–Trinajstić information content (AvgIpc) is 2.37. The third-order valence-electron chi connectivity index (χ3n) is 2.40. The van der Waals surface area contributed by atoms with Gasteiger partial charge in [-0.15, -0.1) is 0 Å². The zero-order valence-electron chi connectivity index (χ0n) is 9.85. The number of nitrogens with zero attached hydrogens (tertiary/aromatic N) is 2. The first-order valence-corrected chi connectivity index (χ1v) is 5.93. The quantitative estimate of drug-likeness (QED) is 0.862. The van der Waals surface area contributed by atoms with E-state index in [0.29, 0.717) is 21.3 Å². The summed E-state index contributed by atoms with van der Waals surface area (Å²) in [7, 11) is 1.25. The molecule has 2 aromatic rings. The summed E-state index contributed by atoms with van der Waals surface area (Å²) in [6.45, 7) is 0. The molecule has 0 bridgehead atoms. The number of methoxy groups -OCH3 is 1. The largest absolute Gasteiger partial charge is 0.464 e. The summed E-state index contributed by atoms with van der Waals surface area (Å²) < 4.78 is 4.59. The number of nitrogen functional groups attached to an aromatic ring is 1. The molecule has 0 saturated heterocycles. The first-order valence-electron chi connectivity index (χ1n) is 5.18. The molecule has 0 atom stereocenters. The van der Waals surface area contributed by atoms with Gasteiger partial charge in [-0.05, 0) is 18.2 Å². The number of benzene rings is 1. The molecular weight excluding hydrogens is 289 g/mol. The van der Waals surface area contributed by atoms with Crippen molar-refractivity contribution in [3.8, 4) is 11.3 Å². The van der Waals surface area contributed by atoms with Gasteiger partial charge in [0.15, 0.2) is 5.69 Å². The number of aromatic nitrogens is 2. The van der Waals surface area contributed by atoms with E-state index in [1.54, 1.807) is 18.2 Å². The number of esters is 1. The zero-order valence-corrected chi connectivity index (χ0v) is 11.4. The highest BCUT2D eigenvalue weighted by atomic mass is 35.5. The third kappa shape index (κ3) is 2.77. The molecule has 1 aromatic carbocycles. The van der Waals surface area contributed by atoms with Crippen LogP contribution in [0.25, 0.3) is 11.3 Å². The Morgan fingerprint density at radius 1 is 1.21 bits per heavy atom. The summed E-state index contributed by atoms with van der Waals surface area (Å²) >= 11 is 11.8. The lowest BCUT2D eigenvalue weighted by molar-refractivity contribution is 0.0595. The van der Waals surface area contributed by atoms with Crippen molar-refractivity contribution in [1.29, 1.82) is 0 Å². The standard InChI is InChI=1S/C12H9Cl2N3O2/c1-19-12(18)11-9(15)10(16-5-17-11)6-2-7(13)4-8(14)3-6/h2-5H,15H2,1H3. The number of carbonyl (C=O) groups excluding carboxylic acids is 1. The normalized spacial score (nSPS) is 10.3. The molecule has 0 fully saturated rings. The van der Waals surface area contributed by atoms with Crippen molar-refractivity contribution in [2.24, 2.45) is 0 Å². The van der Waals surface area contributed by atoms with Crippen LogP contribution in [0, 0.1) is 0 Å². The monoisotopic (exact) mass is 297 g/mol. The number of anilines is 1. The van der Waals surface area contributed by atoms with E-state index in [1.165, 1.54) is 13.4 Å². The van der Waals surface area contributed by atoms with Crippen molar-refractivity contribution >= 4 is 34.9 Å². The van der Waals surface area contributed by atoms with Gasteiger partial charge in [0.2, 0.25) is 0 Å². The van der Waals surface area contributed by atoms with E-state index in [9.17, 15) is 4.79 Å². The Balaban J connectivity index is 2.60. The number of ether oxygens (including phenoxy) is 1. The van der Waals surface area contributed by atoms with Crippen molar-refractivity contribution < 1.29 is 9.53 Å². The summed E-state index contributed by atoms with van der Waals surface area (Å²) in [4.78, 5) is 19.4. The lowest BCUT2D eigenvalue weighted by Crippen LogP contribution is -2.10. The number of carbonyl (C=O) groups is 1. The minimum absolute atomic E-state index is 0.00333. The highest BCUT2D eigenvalue weighted by molar-refractivity contribution is 6.35. The van der Waals surface area contributed by atoms with Crippen LogP contribution in [0.2, 0.25) is 10.0 Å². The first kappa shape index (κ1) is 13.6. The Hall–Kier alpha value is -1.85. The van der Waals surface area contributed by atoms with Gasteiger partial charge in [0.25, 0.3) is 0 Å². The van der Waals surface area contributed by atoms with Gasteiger partial charge in [-0.2, -0.15) is 0 Å². The molecule has 19 heavy (non-hydrogen) atoms. The van der Waals surface area contributed by atoms with Crippen molar-refractivity contribution in [2.45, 2.75) is 0 Å². The minimum atomic E-state index is -0.630. The molecule has 7 heteroatoms. The van der Waals surface area contributed by atoms with E-state index in [4.69, 9.17) is 28.9 Å². The maximum atomic E-state index is 11.5. The summed E-state index contributed by atoms with van der Waals surface area (Å²) in [5.74, 6) is -0.630. The molecule has 0 aliphatic rings. The third-order valence-corrected chi connectivity index (χ3v) is 2.84. The van der Waals surface area contributed by atoms with Gasteiger partial charge < -0.3 is 10.5 Å². The van der Waals surface area contributed by atoms with Crippen LogP contribution in [0.1, 0.15) is 10.5 Å². The highest BCUT2D eigenvalue weighted by Gasteiger charge is 2.17. The molecule has 0 aliphatic heterocycles. The fourth-order valence-electron chi connectivity index (χ4n) is 1.58. The molecule has 0 unspecified atom stereocenters. The van der Waals surface area contributed by atoms with E-state index in [2.05, 4.69) is 14.7 Å². The lowest BCUT2D eigenvalue weighted by Gasteiger charge is -2.08. The fraction of sp³-hybridized carbons (Fsp3) is 0.0833. The second-order valence-corrected chi connectivity index (χ2v) is 4.51. The minimum Gasteiger partial charge on any atom is -0.464 e. The van der Waals surface area contributed by atoms with E-state index >= 15 is 0 Å².